The van der Waals surface area contributed by atoms with Crippen LogP contribution in [0.4, 0.5) is 0 Å². The number of rotatable bonds is 5. The summed E-state index contributed by atoms with van der Waals surface area (Å²) in [6.07, 6.45) is 0.301. The van der Waals surface area contributed by atoms with Gasteiger partial charge in [-0.05, 0) is 42.7 Å². The minimum atomic E-state index is -0.407. The van der Waals surface area contributed by atoms with Crippen LogP contribution in [0.1, 0.15) is 36.1 Å². The van der Waals surface area contributed by atoms with Gasteiger partial charge in [-0.15, -0.1) is 0 Å². The summed E-state index contributed by atoms with van der Waals surface area (Å²) >= 11 is 6.17. The summed E-state index contributed by atoms with van der Waals surface area (Å²) in [5.74, 6) is 0.772. The van der Waals surface area contributed by atoms with Crippen molar-refractivity contribution in [3.05, 3.63) is 64.2 Å². The standard InChI is InChI=1S/C17H19ClO2/c1-3-17(19)13-6-8-15(9-7-13)20-11-14-5-4-12(2)10-16(14)18/h4-10,17,19H,3,11H2,1-2H3/t17-/m1/s1. The molecule has 0 aliphatic rings. The van der Waals surface area contributed by atoms with Crippen LogP contribution in [0.5, 0.6) is 5.75 Å². The quantitative estimate of drug-likeness (QED) is 0.867. The zero-order chi connectivity index (χ0) is 14.5. The largest absolute Gasteiger partial charge is 0.489 e. The molecule has 0 heterocycles. The number of benzene rings is 2. The van der Waals surface area contributed by atoms with E-state index < -0.39 is 6.10 Å². The van der Waals surface area contributed by atoms with Crippen LogP contribution in [0, 0.1) is 6.92 Å². The van der Waals surface area contributed by atoms with Crippen LogP contribution in [0.3, 0.4) is 0 Å². The van der Waals surface area contributed by atoms with Gasteiger partial charge in [0, 0.05) is 10.6 Å². The van der Waals surface area contributed by atoms with Crippen molar-refractivity contribution in [3.63, 3.8) is 0 Å². The van der Waals surface area contributed by atoms with Gasteiger partial charge in [0.25, 0.3) is 0 Å². The maximum absolute atomic E-state index is 9.73. The molecule has 0 aromatic heterocycles. The third kappa shape index (κ3) is 3.75. The first-order chi connectivity index (χ1) is 9.60. The number of ether oxygens (including phenoxy) is 1. The van der Waals surface area contributed by atoms with Gasteiger partial charge in [0.15, 0.2) is 0 Å². The van der Waals surface area contributed by atoms with Crippen molar-refractivity contribution < 1.29 is 9.84 Å². The molecule has 3 heteroatoms. The Labute approximate surface area is 125 Å². The van der Waals surface area contributed by atoms with E-state index in [9.17, 15) is 5.11 Å². The summed E-state index contributed by atoms with van der Waals surface area (Å²) in [5, 5.41) is 10.5. The third-order valence-electron chi connectivity index (χ3n) is 3.25. The van der Waals surface area contributed by atoms with E-state index >= 15 is 0 Å². The first-order valence-corrected chi connectivity index (χ1v) is 7.13. The van der Waals surface area contributed by atoms with E-state index in [1.54, 1.807) is 0 Å². The van der Waals surface area contributed by atoms with Crippen LogP contribution < -0.4 is 4.74 Å². The number of hydrogen-bond acceptors (Lipinski definition) is 2. The van der Waals surface area contributed by atoms with E-state index in [-0.39, 0.29) is 0 Å². The predicted octanol–water partition coefficient (Wildman–Crippen LogP) is 4.67. The number of hydrogen-bond donors (Lipinski definition) is 1. The molecule has 2 aromatic rings. The van der Waals surface area contributed by atoms with Gasteiger partial charge in [0.05, 0.1) is 6.10 Å². The minimum absolute atomic E-state index is 0.407. The van der Waals surface area contributed by atoms with Crippen molar-refractivity contribution in [1.82, 2.24) is 0 Å². The van der Waals surface area contributed by atoms with Crippen molar-refractivity contribution >= 4 is 11.6 Å². The van der Waals surface area contributed by atoms with Crippen LogP contribution in [0.15, 0.2) is 42.5 Å². The Morgan fingerprint density at radius 2 is 1.85 bits per heavy atom. The van der Waals surface area contributed by atoms with E-state index in [2.05, 4.69) is 0 Å². The lowest BCUT2D eigenvalue weighted by Gasteiger charge is -2.11. The van der Waals surface area contributed by atoms with Gasteiger partial charge >= 0.3 is 0 Å². The first-order valence-electron chi connectivity index (χ1n) is 6.76. The second-order valence-corrected chi connectivity index (χ2v) is 5.28. The van der Waals surface area contributed by atoms with Crippen molar-refractivity contribution in [2.24, 2.45) is 0 Å². The lowest BCUT2D eigenvalue weighted by atomic mass is 10.1. The topological polar surface area (TPSA) is 29.5 Å². The Morgan fingerprint density at radius 1 is 1.15 bits per heavy atom. The normalized spacial score (nSPS) is 12.2. The number of aliphatic hydroxyl groups excluding tert-OH is 1. The molecule has 0 aliphatic carbocycles. The lowest BCUT2D eigenvalue weighted by molar-refractivity contribution is 0.173. The summed E-state index contributed by atoms with van der Waals surface area (Å²) in [5.41, 5.74) is 3.01. The van der Waals surface area contributed by atoms with Crippen LogP contribution in [-0.2, 0) is 6.61 Å². The average Bonchev–Trinajstić information content (AvgIpc) is 2.46. The molecule has 0 fully saturated rings. The van der Waals surface area contributed by atoms with Crippen molar-refractivity contribution in [2.45, 2.75) is 33.0 Å². The van der Waals surface area contributed by atoms with Gasteiger partial charge in [0.1, 0.15) is 12.4 Å². The van der Waals surface area contributed by atoms with Gasteiger partial charge < -0.3 is 9.84 Å². The number of aryl methyl sites for hydroxylation is 1. The molecule has 0 amide bonds. The molecule has 0 aliphatic heterocycles. The van der Waals surface area contributed by atoms with Gasteiger partial charge in [-0.3, -0.25) is 0 Å². The number of aliphatic hydroxyl groups is 1. The maximum Gasteiger partial charge on any atom is 0.119 e. The predicted molar refractivity (Wildman–Crippen MR) is 82.2 cm³/mol. The zero-order valence-corrected chi connectivity index (χ0v) is 12.5. The second-order valence-electron chi connectivity index (χ2n) is 4.88. The molecule has 0 saturated heterocycles. The van der Waals surface area contributed by atoms with E-state index in [1.807, 2.05) is 56.3 Å². The van der Waals surface area contributed by atoms with E-state index in [1.165, 1.54) is 0 Å². The molecule has 20 heavy (non-hydrogen) atoms. The fourth-order valence-electron chi connectivity index (χ4n) is 1.95. The summed E-state index contributed by atoms with van der Waals surface area (Å²) in [7, 11) is 0. The molecule has 2 aromatic carbocycles. The van der Waals surface area contributed by atoms with Crippen LogP contribution >= 0.6 is 11.6 Å². The second kappa shape index (κ2) is 6.78. The summed E-state index contributed by atoms with van der Waals surface area (Å²) < 4.78 is 5.72. The minimum Gasteiger partial charge on any atom is -0.489 e. The van der Waals surface area contributed by atoms with Crippen molar-refractivity contribution in [2.75, 3.05) is 0 Å². The summed E-state index contributed by atoms with van der Waals surface area (Å²) in [6.45, 7) is 4.40. The molecule has 2 nitrogen and oxygen atoms in total. The Kier molecular flexibility index (Phi) is 5.05. The highest BCUT2D eigenvalue weighted by molar-refractivity contribution is 6.31. The van der Waals surface area contributed by atoms with Crippen molar-refractivity contribution in [3.8, 4) is 5.75 Å². The molecular formula is C17H19ClO2. The maximum atomic E-state index is 9.73. The lowest BCUT2D eigenvalue weighted by Crippen LogP contribution is -1.98. The van der Waals surface area contributed by atoms with Gasteiger partial charge in [-0.25, -0.2) is 0 Å². The smallest absolute Gasteiger partial charge is 0.119 e. The fraction of sp³-hybridized carbons (Fsp3) is 0.294. The Morgan fingerprint density at radius 3 is 2.45 bits per heavy atom. The van der Waals surface area contributed by atoms with E-state index in [4.69, 9.17) is 16.3 Å². The molecule has 106 valence electrons. The zero-order valence-electron chi connectivity index (χ0n) is 11.8. The monoisotopic (exact) mass is 290 g/mol. The van der Waals surface area contributed by atoms with Crippen LogP contribution in [0.2, 0.25) is 5.02 Å². The molecule has 0 spiro atoms. The molecule has 0 radical (unpaired) electrons. The highest BCUT2D eigenvalue weighted by Gasteiger charge is 2.05. The fourth-order valence-corrected chi connectivity index (χ4v) is 2.24. The van der Waals surface area contributed by atoms with Gasteiger partial charge in [-0.1, -0.05) is 42.8 Å². The highest BCUT2D eigenvalue weighted by Crippen LogP contribution is 2.22. The van der Waals surface area contributed by atoms with Crippen LogP contribution in [0.25, 0.3) is 0 Å². The molecular weight excluding hydrogens is 272 g/mol. The summed E-state index contributed by atoms with van der Waals surface area (Å²) in [4.78, 5) is 0. The molecule has 1 N–H and O–H groups in total. The van der Waals surface area contributed by atoms with Crippen molar-refractivity contribution in [1.29, 1.82) is 0 Å². The Balaban J connectivity index is 2.00. The number of halogens is 1. The van der Waals surface area contributed by atoms with Crippen LogP contribution in [-0.4, -0.2) is 5.11 Å². The summed E-state index contributed by atoms with van der Waals surface area (Å²) in [6, 6.07) is 13.5. The Hall–Kier alpha value is -1.51. The molecule has 0 bridgehead atoms. The Bertz CT molecular complexity index is 564. The molecule has 2 rings (SSSR count). The van der Waals surface area contributed by atoms with Gasteiger partial charge in [-0.2, -0.15) is 0 Å². The molecule has 1 atom stereocenters. The molecule has 0 unspecified atom stereocenters. The van der Waals surface area contributed by atoms with E-state index in [0.29, 0.717) is 13.0 Å². The van der Waals surface area contributed by atoms with E-state index in [0.717, 1.165) is 27.5 Å². The average molecular weight is 291 g/mol. The first kappa shape index (κ1) is 14.9. The SMILES string of the molecule is CC[C@@H](O)c1ccc(OCc2ccc(C)cc2Cl)cc1. The highest BCUT2D eigenvalue weighted by atomic mass is 35.5. The van der Waals surface area contributed by atoms with Gasteiger partial charge in [0.2, 0.25) is 0 Å². The third-order valence-corrected chi connectivity index (χ3v) is 3.61. The molecule has 0 saturated carbocycles.